The molecule has 0 saturated heterocycles. The van der Waals surface area contributed by atoms with E-state index in [0.717, 1.165) is 20.9 Å². The number of hydrogen-bond donors (Lipinski definition) is 1. The van der Waals surface area contributed by atoms with Crippen molar-refractivity contribution in [2.24, 2.45) is 0 Å². The van der Waals surface area contributed by atoms with E-state index >= 15 is 0 Å². The predicted molar refractivity (Wildman–Crippen MR) is 89.6 cm³/mol. The number of aromatic nitrogens is 1. The van der Waals surface area contributed by atoms with Crippen molar-refractivity contribution in [1.82, 2.24) is 4.98 Å². The Balaban J connectivity index is 2.14. The molecule has 2 nitrogen and oxygen atoms in total. The van der Waals surface area contributed by atoms with E-state index in [4.69, 9.17) is 11.6 Å². The maximum Gasteiger partial charge on any atom is 0.113 e. The summed E-state index contributed by atoms with van der Waals surface area (Å²) in [7, 11) is 0. The number of rotatable bonds is 2. The van der Waals surface area contributed by atoms with Gasteiger partial charge in [0, 0.05) is 26.6 Å². The van der Waals surface area contributed by atoms with Crippen LogP contribution in [0.15, 0.2) is 59.2 Å². The van der Waals surface area contributed by atoms with Crippen LogP contribution in [-0.2, 0) is 5.60 Å². The normalized spacial score (nSPS) is 14.1. The lowest BCUT2D eigenvalue weighted by molar-refractivity contribution is 0.102. The van der Waals surface area contributed by atoms with Crippen LogP contribution in [0.2, 0.25) is 5.02 Å². The molecular weight excluding hydrogens is 350 g/mol. The molecule has 2 aromatic carbocycles. The molecule has 0 radical (unpaired) electrons. The van der Waals surface area contributed by atoms with Gasteiger partial charge in [-0.3, -0.25) is 4.98 Å². The molecule has 1 atom stereocenters. The van der Waals surface area contributed by atoms with E-state index in [9.17, 15) is 5.11 Å². The van der Waals surface area contributed by atoms with Crippen LogP contribution in [-0.4, -0.2) is 10.1 Å². The molecule has 0 fully saturated rings. The highest BCUT2D eigenvalue weighted by atomic mass is 79.9. The highest BCUT2D eigenvalue weighted by Gasteiger charge is 2.28. The molecule has 106 valence electrons. The van der Waals surface area contributed by atoms with Crippen molar-refractivity contribution in [1.29, 1.82) is 0 Å². The quantitative estimate of drug-likeness (QED) is 0.703. The van der Waals surface area contributed by atoms with Gasteiger partial charge in [0.15, 0.2) is 0 Å². The van der Waals surface area contributed by atoms with Crippen molar-refractivity contribution >= 4 is 38.4 Å². The molecule has 0 aliphatic carbocycles. The molecule has 1 aromatic heterocycles. The second-order valence-corrected chi connectivity index (χ2v) is 6.43. The van der Waals surface area contributed by atoms with E-state index in [2.05, 4.69) is 20.9 Å². The van der Waals surface area contributed by atoms with E-state index < -0.39 is 5.60 Å². The summed E-state index contributed by atoms with van der Waals surface area (Å²) in [5, 5.41) is 12.5. The Bertz CT molecular complexity index is 817. The Morgan fingerprint density at radius 1 is 1.14 bits per heavy atom. The fourth-order valence-electron chi connectivity index (χ4n) is 2.42. The van der Waals surface area contributed by atoms with Crippen molar-refractivity contribution in [3.63, 3.8) is 0 Å². The van der Waals surface area contributed by atoms with Crippen LogP contribution in [0.5, 0.6) is 0 Å². The summed E-state index contributed by atoms with van der Waals surface area (Å²) in [6.45, 7) is 1.75. The van der Waals surface area contributed by atoms with Crippen LogP contribution in [0, 0.1) is 0 Å². The molecule has 0 spiro atoms. The first-order valence-electron chi connectivity index (χ1n) is 6.51. The minimum atomic E-state index is -1.16. The molecule has 1 N–H and O–H groups in total. The molecule has 1 unspecified atom stereocenters. The molecule has 0 saturated carbocycles. The first kappa shape index (κ1) is 14.5. The van der Waals surface area contributed by atoms with Crippen LogP contribution >= 0.6 is 27.5 Å². The fourth-order valence-corrected chi connectivity index (χ4v) is 3.28. The summed E-state index contributed by atoms with van der Waals surface area (Å²) >= 11 is 9.66. The molecule has 4 heteroatoms. The molecule has 0 aliphatic rings. The summed E-state index contributed by atoms with van der Waals surface area (Å²) in [6, 6.07) is 15.1. The second-order valence-electron chi connectivity index (χ2n) is 5.11. The first-order valence-corrected chi connectivity index (χ1v) is 7.69. The van der Waals surface area contributed by atoms with E-state index in [1.807, 2.05) is 42.5 Å². The standard InChI is InChI=1S/C17H13BrClNO/c1-17(21,14-6-5-13(18)10-15(14)19)12-4-7-16-11(9-12)3-2-8-20-16/h2-10,21H,1H3. The van der Waals surface area contributed by atoms with Gasteiger partial charge in [-0.05, 0) is 42.8 Å². The molecule has 0 bridgehead atoms. The minimum Gasteiger partial charge on any atom is -0.381 e. The van der Waals surface area contributed by atoms with Crippen LogP contribution in [0.4, 0.5) is 0 Å². The van der Waals surface area contributed by atoms with Crippen LogP contribution in [0.3, 0.4) is 0 Å². The lowest BCUT2D eigenvalue weighted by Gasteiger charge is -2.26. The lowest BCUT2D eigenvalue weighted by Crippen LogP contribution is -2.23. The topological polar surface area (TPSA) is 33.1 Å². The molecule has 1 heterocycles. The zero-order chi connectivity index (χ0) is 15.0. The van der Waals surface area contributed by atoms with Crippen molar-refractivity contribution in [2.45, 2.75) is 12.5 Å². The number of benzene rings is 2. The van der Waals surface area contributed by atoms with Crippen molar-refractivity contribution < 1.29 is 5.11 Å². The van der Waals surface area contributed by atoms with Gasteiger partial charge in [-0.1, -0.05) is 45.7 Å². The maximum atomic E-state index is 11.0. The minimum absolute atomic E-state index is 0.528. The van der Waals surface area contributed by atoms with Crippen molar-refractivity contribution in [2.75, 3.05) is 0 Å². The average Bonchev–Trinajstić information content (AvgIpc) is 2.46. The van der Waals surface area contributed by atoms with Gasteiger partial charge in [-0.2, -0.15) is 0 Å². The Hall–Kier alpha value is -1.42. The van der Waals surface area contributed by atoms with Crippen molar-refractivity contribution in [3.05, 3.63) is 75.4 Å². The Kier molecular flexibility index (Phi) is 3.74. The van der Waals surface area contributed by atoms with E-state index in [-0.39, 0.29) is 0 Å². The van der Waals surface area contributed by atoms with Crippen LogP contribution in [0.1, 0.15) is 18.1 Å². The third-order valence-corrected chi connectivity index (χ3v) is 4.43. The number of aliphatic hydroxyl groups is 1. The number of pyridine rings is 1. The number of nitrogens with zero attached hydrogens (tertiary/aromatic N) is 1. The summed E-state index contributed by atoms with van der Waals surface area (Å²) in [4.78, 5) is 4.29. The van der Waals surface area contributed by atoms with Gasteiger partial charge < -0.3 is 5.11 Å². The van der Waals surface area contributed by atoms with Gasteiger partial charge in [0.05, 0.1) is 5.52 Å². The summed E-state index contributed by atoms with van der Waals surface area (Å²) in [5.74, 6) is 0. The fraction of sp³-hybridized carbons (Fsp3) is 0.118. The van der Waals surface area contributed by atoms with Gasteiger partial charge in [0.25, 0.3) is 0 Å². The smallest absolute Gasteiger partial charge is 0.113 e. The third kappa shape index (κ3) is 2.69. The Morgan fingerprint density at radius 2 is 1.95 bits per heavy atom. The van der Waals surface area contributed by atoms with Crippen LogP contribution < -0.4 is 0 Å². The Labute approximate surface area is 136 Å². The number of hydrogen-bond acceptors (Lipinski definition) is 2. The largest absolute Gasteiger partial charge is 0.381 e. The summed E-state index contributed by atoms with van der Waals surface area (Å²) in [5.41, 5.74) is 1.20. The van der Waals surface area contributed by atoms with Gasteiger partial charge in [-0.25, -0.2) is 0 Å². The highest BCUT2D eigenvalue weighted by molar-refractivity contribution is 9.10. The summed E-state index contributed by atoms with van der Waals surface area (Å²) < 4.78 is 0.884. The lowest BCUT2D eigenvalue weighted by atomic mass is 9.87. The third-order valence-electron chi connectivity index (χ3n) is 3.62. The van der Waals surface area contributed by atoms with Gasteiger partial charge >= 0.3 is 0 Å². The number of halogens is 2. The number of fused-ring (bicyclic) bond motifs is 1. The zero-order valence-corrected chi connectivity index (χ0v) is 13.7. The predicted octanol–water partition coefficient (Wildman–Crippen LogP) is 4.91. The van der Waals surface area contributed by atoms with Gasteiger partial charge in [-0.15, -0.1) is 0 Å². The SMILES string of the molecule is CC(O)(c1ccc2ncccc2c1)c1ccc(Br)cc1Cl. The molecule has 0 amide bonds. The van der Waals surface area contributed by atoms with Gasteiger partial charge in [0.1, 0.15) is 5.60 Å². The monoisotopic (exact) mass is 361 g/mol. The molecule has 0 aliphatic heterocycles. The average molecular weight is 363 g/mol. The van der Waals surface area contributed by atoms with E-state index in [0.29, 0.717) is 10.6 Å². The maximum absolute atomic E-state index is 11.0. The molecule has 3 aromatic rings. The molecule has 21 heavy (non-hydrogen) atoms. The second kappa shape index (κ2) is 5.41. The van der Waals surface area contributed by atoms with Gasteiger partial charge in [0.2, 0.25) is 0 Å². The highest BCUT2D eigenvalue weighted by Crippen LogP contribution is 2.36. The molecule has 3 rings (SSSR count). The summed E-state index contributed by atoms with van der Waals surface area (Å²) in [6.07, 6.45) is 1.76. The Morgan fingerprint density at radius 3 is 2.71 bits per heavy atom. The van der Waals surface area contributed by atoms with E-state index in [1.165, 1.54) is 0 Å². The zero-order valence-electron chi connectivity index (χ0n) is 11.3. The van der Waals surface area contributed by atoms with Crippen molar-refractivity contribution in [3.8, 4) is 0 Å². The first-order chi connectivity index (χ1) is 9.98. The van der Waals surface area contributed by atoms with E-state index in [1.54, 1.807) is 19.2 Å². The van der Waals surface area contributed by atoms with Crippen LogP contribution in [0.25, 0.3) is 10.9 Å². The molecular formula is C17H13BrClNO.